The second-order valence-electron chi connectivity index (χ2n) is 21.8. The molecule has 0 saturated carbocycles. The van der Waals surface area contributed by atoms with E-state index >= 15 is 0 Å². The van der Waals surface area contributed by atoms with E-state index in [0.29, 0.717) is 37.0 Å². The second-order valence-corrected chi connectivity index (χ2v) is 21.8. The lowest BCUT2D eigenvalue weighted by atomic mass is 9.92. The molecule has 22 heteroatoms. The molecule has 22 nitrogen and oxygen atoms in total. The third-order valence-electron chi connectivity index (χ3n) is 14.4. The number of carbonyl (C=O) groups excluding carboxylic acids is 8. The number of aliphatic carboxylic acids is 1. The number of carbonyl (C=O) groups is 9. The SMILES string of the molecule is CC[C@H](C)[C@@H](NC(=O)[C@@H](NC(=O)[C@@H](CC(C)C)N(C)C(=O)[C@@H]1CCCN1C(=O)[C@H](C)O)[C@@H](C)O)[C@@H](O)CC(=O)O[C@H](C(=O)N[C@@H](CC(C)C)C(=O)N1CCC[C@H]1C(=O)N(C)[C@@H](Cc1ccc(OC)cc1)C(=O)O)C(C)C. The minimum atomic E-state index is -1.60. The number of hydrogen-bond donors (Lipinski definition) is 7. The van der Waals surface area contributed by atoms with E-state index in [1.165, 1.54) is 49.8 Å². The molecule has 2 saturated heterocycles. The Kier molecular flexibility index (Phi) is 25.1. The number of esters is 1. The predicted molar refractivity (Wildman–Crippen MR) is 280 cm³/mol. The van der Waals surface area contributed by atoms with Gasteiger partial charge in [-0.05, 0) is 93.7 Å². The number of benzene rings is 1. The maximum atomic E-state index is 14.4. The van der Waals surface area contributed by atoms with Crippen molar-refractivity contribution in [1.82, 2.24) is 35.6 Å². The molecule has 3 rings (SSSR count). The number of aliphatic hydroxyl groups is 3. The van der Waals surface area contributed by atoms with E-state index in [1.807, 2.05) is 27.7 Å². The minimum absolute atomic E-state index is 0.000886. The van der Waals surface area contributed by atoms with Gasteiger partial charge in [0.05, 0.1) is 31.8 Å². The Morgan fingerprint density at radius 1 is 0.697 bits per heavy atom. The fourth-order valence-electron chi connectivity index (χ4n) is 9.76. The molecule has 0 bridgehead atoms. The van der Waals surface area contributed by atoms with Gasteiger partial charge >= 0.3 is 11.9 Å². The summed E-state index contributed by atoms with van der Waals surface area (Å²) in [6, 6.07) is -1.39. The first-order valence-corrected chi connectivity index (χ1v) is 26.7. The molecular formula is C54H87N7O15. The number of hydrogen-bond acceptors (Lipinski definition) is 14. The molecular weight excluding hydrogens is 987 g/mol. The predicted octanol–water partition coefficient (Wildman–Crippen LogP) is 1.63. The lowest BCUT2D eigenvalue weighted by Crippen LogP contribution is -2.61. The van der Waals surface area contributed by atoms with E-state index in [1.54, 1.807) is 52.0 Å². The van der Waals surface area contributed by atoms with Gasteiger partial charge < -0.3 is 65.4 Å². The van der Waals surface area contributed by atoms with E-state index in [0.717, 1.165) is 4.90 Å². The van der Waals surface area contributed by atoms with Crippen molar-refractivity contribution in [3.63, 3.8) is 0 Å². The third-order valence-corrected chi connectivity index (χ3v) is 14.4. The molecule has 7 amide bonds. The van der Waals surface area contributed by atoms with Crippen LogP contribution in [-0.2, 0) is 54.3 Å². The number of nitrogens with one attached hydrogen (secondary N) is 3. The highest BCUT2D eigenvalue weighted by Gasteiger charge is 2.44. The zero-order chi connectivity index (χ0) is 57.5. The fourth-order valence-corrected chi connectivity index (χ4v) is 9.76. The molecule has 1 aromatic rings. The van der Waals surface area contributed by atoms with Crippen LogP contribution in [0.2, 0.25) is 0 Å². The van der Waals surface area contributed by atoms with E-state index in [4.69, 9.17) is 9.47 Å². The minimum Gasteiger partial charge on any atom is -0.497 e. The largest absolute Gasteiger partial charge is 0.497 e. The standard InChI is InChI=1S/C54H87N7O15/c1-14-32(8)44(56-48(67)45(33(9)62)57-47(66)40(26-30(4)5)58(11)52(71)38-17-15-23-60(38)50(69)34(10)63)42(64)28-43(65)76-46(31(6)7)49(68)55-37(25-29(2)3)51(70)61-24-16-18-39(61)53(72)59(12)41(54(73)74)27-35-19-21-36(75-13)22-20-35/h19-22,29-34,37-42,44-46,62-64H,14-18,23-28H2,1-13H3,(H,55,68)(H,56,67)(H,57,66)(H,73,74)/t32-,33+,34-,37-,38-,39-,40+,41-,42-,44+,45-,46-/m0/s1. The summed E-state index contributed by atoms with van der Waals surface area (Å²) in [6.07, 6.45) is -4.31. The van der Waals surface area contributed by atoms with Crippen molar-refractivity contribution in [2.45, 2.75) is 194 Å². The van der Waals surface area contributed by atoms with Crippen LogP contribution in [-0.4, -0.2) is 194 Å². The van der Waals surface area contributed by atoms with Crippen LogP contribution in [0.25, 0.3) is 0 Å². The Hall–Kier alpha value is -5.87. The number of nitrogens with zero attached hydrogens (tertiary/aromatic N) is 4. The van der Waals surface area contributed by atoms with Gasteiger partial charge in [-0.15, -0.1) is 0 Å². The van der Waals surface area contributed by atoms with Crippen LogP contribution in [0, 0.1) is 23.7 Å². The van der Waals surface area contributed by atoms with Crippen LogP contribution in [0.3, 0.4) is 0 Å². The number of likely N-dealkylation sites (N-methyl/N-ethyl adjacent to an activating group) is 2. The van der Waals surface area contributed by atoms with Crippen molar-refractivity contribution in [3.05, 3.63) is 29.8 Å². The lowest BCUT2D eigenvalue weighted by molar-refractivity contribution is -0.162. The number of aliphatic hydroxyl groups excluding tert-OH is 3. The smallest absolute Gasteiger partial charge is 0.326 e. The van der Waals surface area contributed by atoms with Crippen molar-refractivity contribution < 1.29 is 73.1 Å². The van der Waals surface area contributed by atoms with Crippen molar-refractivity contribution >= 4 is 53.3 Å². The van der Waals surface area contributed by atoms with E-state index in [2.05, 4.69) is 16.0 Å². The van der Waals surface area contributed by atoms with Gasteiger partial charge in [0.2, 0.25) is 29.5 Å². The Balaban J connectivity index is 1.76. The lowest BCUT2D eigenvalue weighted by Gasteiger charge is -2.35. The third kappa shape index (κ3) is 17.6. The number of amides is 7. The molecule has 0 aromatic heterocycles. The van der Waals surface area contributed by atoms with Crippen LogP contribution < -0.4 is 20.7 Å². The monoisotopic (exact) mass is 1070 g/mol. The summed E-state index contributed by atoms with van der Waals surface area (Å²) in [6.45, 7) is 17.1. The average molecular weight is 1070 g/mol. The summed E-state index contributed by atoms with van der Waals surface area (Å²) < 4.78 is 10.9. The summed E-state index contributed by atoms with van der Waals surface area (Å²) >= 11 is 0. The molecule has 12 atom stereocenters. The van der Waals surface area contributed by atoms with Gasteiger partial charge in [0.15, 0.2) is 6.10 Å². The first kappa shape index (κ1) is 64.4. The topological polar surface area (TPSA) is 302 Å². The molecule has 1 aromatic carbocycles. The molecule has 0 radical (unpaired) electrons. The number of carboxylic acid groups (broad SMARTS) is 1. The molecule has 0 unspecified atom stereocenters. The molecule has 76 heavy (non-hydrogen) atoms. The van der Waals surface area contributed by atoms with E-state index < -0.39 is 138 Å². The molecule has 2 heterocycles. The van der Waals surface area contributed by atoms with E-state index in [-0.39, 0.29) is 50.6 Å². The summed E-state index contributed by atoms with van der Waals surface area (Å²) in [5.41, 5.74) is 0.656. The number of ether oxygens (including phenoxy) is 2. The van der Waals surface area contributed by atoms with Crippen molar-refractivity contribution in [1.29, 1.82) is 0 Å². The summed E-state index contributed by atoms with van der Waals surface area (Å²) in [7, 11) is 4.31. The number of rotatable bonds is 28. The molecule has 0 aliphatic carbocycles. The zero-order valence-corrected chi connectivity index (χ0v) is 46.8. The van der Waals surface area contributed by atoms with Crippen LogP contribution >= 0.6 is 0 Å². The number of methoxy groups -OCH3 is 1. The second kappa shape index (κ2) is 29.6. The number of likely N-dealkylation sites (tertiary alicyclic amines) is 2. The Bertz CT molecular complexity index is 2150. The summed E-state index contributed by atoms with van der Waals surface area (Å²) in [5, 5.41) is 50.6. The van der Waals surface area contributed by atoms with Gasteiger partial charge in [-0.3, -0.25) is 38.4 Å². The maximum absolute atomic E-state index is 14.4. The van der Waals surface area contributed by atoms with Crippen molar-refractivity contribution in [2.24, 2.45) is 23.7 Å². The van der Waals surface area contributed by atoms with Gasteiger partial charge in [-0.2, -0.15) is 0 Å². The van der Waals surface area contributed by atoms with Crippen LogP contribution in [0.5, 0.6) is 5.75 Å². The Labute approximate surface area is 447 Å². The van der Waals surface area contributed by atoms with E-state index in [9.17, 15) is 63.6 Å². The average Bonchev–Trinajstić information content (AvgIpc) is 4.06. The molecule has 7 N–H and O–H groups in total. The quantitative estimate of drug-likeness (QED) is 0.0587. The van der Waals surface area contributed by atoms with Gasteiger partial charge in [0.25, 0.3) is 11.8 Å². The molecule has 0 spiro atoms. The van der Waals surface area contributed by atoms with Crippen LogP contribution in [0.4, 0.5) is 0 Å². The number of carboxylic acids is 1. The molecule has 428 valence electrons. The highest BCUT2D eigenvalue weighted by atomic mass is 16.5. The first-order chi connectivity index (χ1) is 35.6. The van der Waals surface area contributed by atoms with Crippen LogP contribution in [0.1, 0.15) is 126 Å². The van der Waals surface area contributed by atoms with Gasteiger partial charge in [0, 0.05) is 33.6 Å². The van der Waals surface area contributed by atoms with Crippen LogP contribution in [0.15, 0.2) is 24.3 Å². The summed E-state index contributed by atoms with van der Waals surface area (Å²) in [5.74, 6) is -7.75. The normalized spacial score (nSPS) is 19.6. The van der Waals surface area contributed by atoms with Crippen molar-refractivity contribution in [3.8, 4) is 5.75 Å². The zero-order valence-electron chi connectivity index (χ0n) is 46.8. The fraction of sp³-hybridized carbons (Fsp3) is 0.722. The first-order valence-electron chi connectivity index (χ1n) is 26.7. The van der Waals surface area contributed by atoms with Gasteiger partial charge in [-0.25, -0.2) is 4.79 Å². The maximum Gasteiger partial charge on any atom is 0.326 e. The van der Waals surface area contributed by atoms with Gasteiger partial charge in [-0.1, -0.05) is 73.9 Å². The van der Waals surface area contributed by atoms with Crippen molar-refractivity contribution in [2.75, 3.05) is 34.3 Å². The summed E-state index contributed by atoms with van der Waals surface area (Å²) in [4.78, 5) is 128. The Morgan fingerprint density at radius 2 is 1.22 bits per heavy atom. The Morgan fingerprint density at radius 3 is 1.68 bits per heavy atom. The highest BCUT2D eigenvalue weighted by molar-refractivity contribution is 5.96. The highest BCUT2D eigenvalue weighted by Crippen LogP contribution is 2.26. The molecule has 2 fully saturated rings. The molecule has 2 aliphatic rings. The van der Waals surface area contributed by atoms with Gasteiger partial charge in [0.1, 0.15) is 48.1 Å². The molecule has 2 aliphatic heterocycles.